The van der Waals surface area contributed by atoms with Crippen LogP contribution in [0.3, 0.4) is 0 Å². The second kappa shape index (κ2) is 5.81. The first-order valence-electron chi connectivity index (χ1n) is 6.05. The van der Waals surface area contributed by atoms with Crippen LogP contribution in [-0.4, -0.2) is 4.21 Å². The van der Waals surface area contributed by atoms with Gasteiger partial charge in [0.2, 0.25) is 0 Å². The molecule has 1 unspecified atom stereocenters. The van der Waals surface area contributed by atoms with Gasteiger partial charge in [-0.3, -0.25) is 4.21 Å². The van der Waals surface area contributed by atoms with Gasteiger partial charge in [-0.1, -0.05) is 24.3 Å². The van der Waals surface area contributed by atoms with E-state index in [1.807, 2.05) is 44.2 Å². The third-order valence-electron chi connectivity index (χ3n) is 2.94. The lowest BCUT2D eigenvalue weighted by atomic mass is 10.2. The second-order valence-electron chi connectivity index (χ2n) is 4.57. The lowest BCUT2D eigenvalue weighted by Gasteiger charge is -2.07. The molecule has 2 nitrogen and oxygen atoms in total. The summed E-state index contributed by atoms with van der Waals surface area (Å²) in [7, 11) is -1.08. The van der Waals surface area contributed by atoms with E-state index in [4.69, 9.17) is 5.26 Å². The Morgan fingerprint density at radius 2 is 1.95 bits per heavy atom. The highest BCUT2D eigenvalue weighted by molar-refractivity contribution is 7.84. The fraction of sp³-hybridized carbons (Fsp3) is 0.188. The largest absolute Gasteiger partial charge is 0.254 e. The van der Waals surface area contributed by atoms with Crippen LogP contribution in [0.4, 0.5) is 0 Å². The molecule has 0 aromatic heterocycles. The highest BCUT2D eigenvalue weighted by Crippen LogP contribution is 2.18. The molecule has 0 N–H and O–H groups in total. The van der Waals surface area contributed by atoms with Crippen molar-refractivity contribution in [1.82, 2.24) is 0 Å². The van der Waals surface area contributed by atoms with E-state index in [9.17, 15) is 4.21 Å². The molecular formula is C16H15NOS. The molecule has 0 spiro atoms. The van der Waals surface area contributed by atoms with Gasteiger partial charge in [0.25, 0.3) is 0 Å². The van der Waals surface area contributed by atoms with Crippen molar-refractivity contribution in [2.24, 2.45) is 0 Å². The smallest absolute Gasteiger partial charge is 0.0991 e. The molecule has 0 saturated heterocycles. The first-order chi connectivity index (χ1) is 9.10. The van der Waals surface area contributed by atoms with Gasteiger partial charge in [-0.05, 0) is 48.7 Å². The third kappa shape index (κ3) is 3.30. The second-order valence-corrected chi connectivity index (χ2v) is 5.99. The van der Waals surface area contributed by atoms with Crippen molar-refractivity contribution < 1.29 is 4.21 Å². The van der Waals surface area contributed by atoms with Gasteiger partial charge in [-0.15, -0.1) is 0 Å². The summed E-state index contributed by atoms with van der Waals surface area (Å²) in [5.74, 6) is 0.444. The van der Waals surface area contributed by atoms with Gasteiger partial charge in [0.05, 0.1) is 28.2 Å². The van der Waals surface area contributed by atoms with Gasteiger partial charge >= 0.3 is 0 Å². The standard InChI is InChI=1S/C16H15NOS/c1-12-6-7-13(2)16(8-12)19(18)11-15-5-3-4-14(9-15)10-17/h3-9H,11H2,1-2H3. The summed E-state index contributed by atoms with van der Waals surface area (Å²) in [6.45, 7) is 3.97. The Bertz CT molecular complexity index is 671. The molecule has 0 saturated carbocycles. The van der Waals surface area contributed by atoms with E-state index in [0.29, 0.717) is 11.3 Å². The minimum Gasteiger partial charge on any atom is -0.254 e. The zero-order chi connectivity index (χ0) is 13.8. The van der Waals surface area contributed by atoms with Crippen LogP contribution in [0.25, 0.3) is 0 Å². The Kier molecular flexibility index (Phi) is 4.13. The van der Waals surface area contributed by atoms with Crippen LogP contribution in [0.1, 0.15) is 22.3 Å². The molecule has 19 heavy (non-hydrogen) atoms. The topological polar surface area (TPSA) is 40.9 Å². The highest BCUT2D eigenvalue weighted by atomic mass is 32.2. The molecule has 3 heteroatoms. The van der Waals surface area contributed by atoms with Crippen LogP contribution in [0.15, 0.2) is 47.4 Å². The number of nitriles is 1. The summed E-state index contributed by atoms with van der Waals surface area (Å²) >= 11 is 0. The number of nitrogens with zero attached hydrogens (tertiary/aromatic N) is 1. The maximum atomic E-state index is 12.4. The van der Waals surface area contributed by atoms with Crippen molar-refractivity contribution in [1.29, 1.82) is 5.26 Å². The van der Waals surface area contributed by atoms with E-state index >= 15 is 0 Å². The lowest BCUT2D eigenvalue weighted by molar-refractivity contribution is 0.682. The summed E-state index contributed by atoms with van der Waals surface area (Å²) in [5, 5.41) is 8.87. The third-order valence-corrected chi connectivity index (χ3v) is 4.47. The van der Waals surface area contributed by atoms with Crippen LogP contribution in [0.5, 0.6) is 0 Å². The molecule has 0 aliphatic carbocycles. The van der Waals surface area contributed by atoms with Crippen molar-refractivity contribution in [3.05, 3.63) is 64.7 Å². The normalized spacial score (nSPS) is 11.8. The van der Waals surface area contributed by atoms with Gasteiger partial charge in [0.15, 0.2) is 0 Å². The maximum absolute atomic E-state index is 12.4. The number of hydrogen-bond donors (Lipinski definition) is 0. The average molecular weight is 269 g/mol. The molecule has 2 rings (SSSR count). The van der Waals surface area contributed by atoms with Crippen molar-refractivity contribution in [3.8, 4) is 6.07 Å². The van der Waals surface area contributed by atoms with Crippen LogP contribution >= 0.6 is 0 Å². The van der Waals surface area contributed by atoms with E-state index in [0.717, 1.165) is 21.6 Å². The lowest BCUT2D eigenvalue weighted by Crippen LogP contribution is -1.99. The average Bonchev–Trinajstić information content (AvgIpc) is 2.41. The van der Waals surface area contributed by atoms with Gasteiger partial charge < -0.3 is 0 Å². The first-order valence-corrected chi connectivity index (χ1v) is 7.36. The number of aryl methyl sites for hydroxylation is 2. The fourth-order valence-corrected chi connectivity index (χ4v) is 3.29. The molecule has 0 amide bonds. The summed E-state index contributed by atoms with van der Waals surface area (Å²) in [6, 6.07) is 15.4. The molecule has 0 heterocycles. The maximum Gasteiger partial charge on any atom is 0.0991 e. The zero-order valence-electron chi connectivity index (χ0n) is 11.0. The van der Waals surface area contributed by atoms with Gasteiger partial charge in [0, 0.05) is 4.90 Å². The Labute approximate surface area is 116 Å². The van der Waals surface area contributed by atoms with Crippen LogP contribution in [-0.2, 0) is 16.6 Å². The van der Waals surface area contributed by atoms with E-state index in [2.05, 4.69) is 6.07 Å². The summed E-state index contributed by atoms with van der Waals surface area (Å²) < 4.78 is 12.4. The van der Waals surface area contributed by atoms with Crippen LogP contribution in [0, 0.1) is 25.2 Å². The molecule has 0 aliphatic rings. The minimum absolute atomic E-state index is 0.444. The van der Waals surface area contributed by atoms with E-state index in [1.54, 1.807) is 12.1 Å². The summed E-state index contributed by atoms with van der Waals surface area (Å²) in [6.07, 6.45) is 0. The summed E-state index contributed by atoms with van der Waals surface area (Å²) in [5.41, 5.74) is 3.69. The van der Waals surface area contributed by atoms with Gasteiger partial charge in [0.1, 0.15) is 0 Å². The van der Waals surface area contributed by atoms with E-state index < -0.39 is 10.8 Å². The molecule has 0 radical (unpaired) electrons. The number of rotatable bonds is 3. The molecular weight excluding hydrogens is 254 g/mol. The highest BCUT2D eigenvalue weighted by Gasteiger charge is 2.09. The zero-order valence-corrected chi connectivity index (χ0v) is 11.8. The Hall–Kier alpha value is -1.92. The molecule has 0 aliphatic heterocycles. The molecule has 96 valence electrons. The van der Waals surface area contributed by atoms with Crippen molar-refractivity contribution >= 4 is 10.8 Å². The molecule has 1 atom stereocenters. The Balaban J connectivity index is 2.26. The molecule has 0 fully saturated rings. The number of benzene rings is 2. The Morgan fingerprint density at radius 1 is 1.16 bits per heavy atom. The SMILES string of the molecule is Cc1ccc(C)c(S(=O)Cc2cccc(C#N)c2)c1. The van der Waals surface area contributed by atoms with Crippen molar-refractivity contribution in [2.45, 2.75) is 24.5 Å². The van der Waals surface area contributed by atoms with Crippen LogP contribution in [0.2, 0.25) is 0 Å². The monoisotopic (exact) mass is 269 g/mol. The van der Waals surface area contributed by atoms with Gasteiger partial charge in [-0.25, -0.2) is 0 Å². The predicted octanol–water partition coefficient (Wildman–Crippen LogP) is 3.48. The first kappa shape index (κ1) is 13.5. The van der Waals surface area contributed by atoms with Crippen molar-refractivity contribution in [3.63, 3.8) is 0 Å². The minimum atomic E-state index is -1.08. The van der Waals surface area contributed by atoms with Gasteiger partial charge in [-0.2, -0.15) is 5.26 Å². The summed E-state index contributed by atoms with van der Waals surface area (Å²) in [4.78, 5) is 0.877. The predicted molar refractivity (Wildman–Crippen MR) is 77.2 cm³/mol. The van der Waals surface area contributed by atoms with E-state index in [-0.39, 0.29) is 0 Å². The van der Waals surface area contributed by atoms with Crippen LogP contribution < -0.4 is 0 Å². The molecule has 0 bridgehead atoms. The quantitative estimate of drug-likeness (QED) is 0.856. The number of hydrogen-bond acceptors (Lipinski definition) is 2. The van der Waals surface area contributed by atoms with E-state index in [1.165, 1.54) is 0 Å². The fourth-order valence-electron chi connectivity index (χ4n) is 1.91. The molecule has 2 aromatic rings. The molecule has 2 aromatic carbocycles. The van der Waals surface area contributed by atoms with Crippen molar-refractivity contribution in [2.75, 3.05) is 0 Å². The Morgan fingerprint density at radius 3 is 2.68 bits per heavy atom.